The summed E-state index contributed by atoms with van der Waals surface area (Å²) in [4.78, 5) is 38.5. The number of thiophene rings is 1. The summed E-state index contributed by atoms with van der Waals surface area (Å²) in [6.45, 7) is 6.21. The summed E-state index contributed by atoms with van der Waals surface area (Å²) >= 11 is 1.32. The highest BCUT2D eigenvalue weighted by atomic mass is 32.1. The predicted molar refractivity (Wildman–Crippen MR) is 146 cm³/mol. The molecule has 1 aliphatic rings. The van der Waals surface area contributed by atoms with E-state index in [2.05, 4.69) is 16.9 Å². The second-order valence-corrected chi connectivity index (χ2v) is 11.1. The minimum absolute atomic E-state index is 0.0216. The van der Waals surface area contributed by atoms with Gasteiger partial charge in [-0.1, -0.05) is 6.92 Å². The molecule has 192 valence electrons. The zero-order valence-corrected chi connectivity index (χ0v) is 22.4. The third-order valence-electron chi connectivity index (χ3n) is 7.05. The van der Waals surface area contributed by atoms with Crippen molar-refractivity contribution in [3.05, 3.63) is 53.7 Å². The Morgan fingerprint density at radius 2 is 1.89 bits per heavy atom. The van der Waals surface area contributed by atoms with Gasteiger partial charge in [-0.2, -0.15) is 0 Å². The number of esters is 1. The van der Waals surface area contributed by atoms with Crippen molar-refractivity contribution < 1.29 is 18.7 Å². The number of methoxy groups -OCH3 is 1. The molecule has 1 amide bonds. The third kappa shape index (κ3) is 5.03. The summed E-state index contributed by atoms with van der Waals surface area (Å²) in [7, 11) is 1.37. The molecule has 1 saturated carbocycles. The van der Waals surface area contributed by atoms with E-state index in [9.17, 15) is 9.59 Å². The molecule has 0 radical (unpaired) electrons. The Bertz CT molecular complexity index is 1380. The van der Waals surface area contributed by atoms with Crippen molar-refractivity contribution in [3.8, 4) is 21.9 Å². The van der Waals surface area contributed by atoms with Gasteiger partial charge in [0.05, 0.1) is 12.8 Å². The van der Waals surface area contributed by atoms with E-state index in [0.29, 0.717) is 33.5 Å². The quantitative estimate of drug-likeness (QED) is 0.257. The van der Waals surface area contributed by atoms with Gasteiger partial charge >= 0.3 is 5.97 Å². The zero-order valence-electron chi connectivity index (χ0n) is 21.6. The van der Waals surface area contributed by atoms with Crippen LogP contribution in [0.2, 0.25) is 0 Å². The highest BCUT2D eigenvalue weighted by Crippen LogP contribution is 2.40. The lowest BCUT2D eigenvalue weighted by Crippen LogP contribution is -2.42. The fourth-order valence-corrected chi connectivity index (χ4v) is 6.04. The molecule has 0 atom stereocenters. The lowest BCUT2D eigenvalue weighted by molar-refractivity contribution is -0.123. The lowest BCUT2D eigenvalue weighted by atomic mass is 9.82. The van der Waals surface area contributed by atoms with Gasteiger partial charge in [0.2, 0.25) is 5.91 Å². The van der Waals surface area contributed by atoms with Crippen LogP contribution in [0.3, 0.4) is 0 Å². The van der Waals surface area contributed by atoms with Gasteiger partial charge < -0.3 is 14.1 Å². The summed E-state index contributed by atoms with van der Waals surface area (Å²) in [6, 6.07) is 11.2. The van der Waals surface area contributed by atoms with E-state index < -0.39 is 5.97 Å². The summed E-state index contributed by atoms with van der Waals surface area (Å²) in [5.74, 6) is 0.915. The number of furan rings is 1. The van der Waals surface area contributed by atoms with Gasteiger partial charge in [-0.3, -0.25) is 14.8 Å². The Kier molecular flexibility index (Phi) is 7.11. The molecule has 0 unspecified atom stereocenters. The number of anilines is 1. The maximum atomic E-state index is 13.7. The molecule has 0 bridgehead atoms. The molecule has 0 aliphatic heterocycles. The first-order valence-corrected chi connectivity index (χ1v) is 13.5. The van der Waals surface area contributed by atoms with Gasteiger partial charge in [-0.15, -0.1) is 11.3 Å². The monoisotopic (exact) mass is 517 g/mol. The van der Waals surface area contributed by atoms with Gasteiger partial charge in [0, 0.05) is 40.9 Å². The van der Waals surface area contributed by atoms with Crippen LogP contribution >= 0.6 is 11.3 Å². The first kappa shape index (κ1) is 25.1. The molecule has 1 fully saturated rings. The molecule has 1 aliphatic carbocycles. The fourth-order valence-electron chi connectivity index (χ4n) is 4.98. The first-order valence-electron chi connectivity index (χ1n) is 12.7. The van der Waals surface area contributed by atoms with Gasteiger partial charge in [0.25, 0.3) is 0 Å². The van der Waals surface area contributed by atoms with Crippen LogP contribution in [0.1, 0.15) is 56.1 Å². The molecule has 4 aromatic heterocycles. The number of pyridine rings is 2. The van der Waals surface area contributed by atoms with Gasteiger partial charge in [-0.25, -0.2) is 4.79 Å². The number of hydrogen-bond acceptors (Lipinski definition) is 7. The van der Waals surface area contributed by atoms with Crippen LogP contribution in [0.5, 0.6) is 0 Å². The number of aromatic nitrogens is 2. The van der Waals surface area contributed by atoms with Crippen molar-refractivity contribution in [2.45, 2.75) is 52.5 Å². The molecule has 0 saturated heterocycles. The lowest BCUT2D eigenvalue weighted by Gasteiger charge is -2.33. The number of carbonyl (C=O) groups is 2. The molecule has 8 heteroatoms. The van der Waals surface area contributed by atoms with E-state index in [0.717, 1.165) is 41.6 Å². The maximum Gasteiger partial charge on any atom is 0.350 e. The van der Waals surface area contributed by atoms with E-state index in [4.69, 9.17) is 9.15 Å². The predicted octanol–water partition coefficient (Wildman–Crippen LogP) is 6.97. The first-order chi connectivity index (χ1) is 17.9. The largest absolute Gasteiger partial charge is 0.465 e. The Morgan fingerprint density at radius 1 is 1.11 bits per heavy atom. The smallest absolute Gasteiger partial charge is 0.350 e. The Hall–Kier alpha value is -3.52. The molecular weight excluding hydrogens is 486 g/mol. The van der Waals surface area contributed by atoms with Crippen molar-refractivity contribution in [1.82, 2.24) is 9.97 Å². The summed E-state index contributed by atoms with van der Waals surface area (Å²) in [5.41, 5.74) is 3.64. The highest BCUT2D eigenvalue weighted by molar-refractivity contribution is 7.18. The fraction of sp³-hybridized carbons (Fsp3) is 0.379. The molecule has 4 heterocycles. The van der Waals surface area contributed by atoms with Gasteiger partial charge in [0.15, 0.2) is 11.3 Å². The number of fused-ring (bicyclic) bond motifs is 1. The van der Waals surface area contributed by atoms with Crippen LogP contribution in [0, 0.1) is 11.8 Å². The average Bonchev–Trinajstić information content (AvgIpc) is 3.54. The molecule has 7 nitrogen and oxygen atoms in total. The second kappa shape index (κ2) is 10.5. The van der Waals surface area contributed by atoms with Crippen LogP contribution < -0.4 is 4.90 Å². The van der Waals surface area contributed by atoms with Crippen molar-refractivity contribution in [2.24, 2.45) is 11.8 Å². The minimum Gasteiger partial charge on any atom is -0.465 e. The summed E-state index contributed by atoms with van der Waals surface area (Å²) < 4.78 is 11.0. The zero-order chi connectivity index (χ0) is 26.1. The van der Waals surface area contributed by atoms with Crippen LogP contribution in [0.15, 0.2) is 53.2 Å². The second-order valence-electron chi connectivity index (χ2n) is 10.0. The van der Waals surface area contributed by atoms with Gasteiger partial charge in [-0.05, 0) is 75.8 Å². The van der Waals surface area contributed by atoms with Crippen molar-refractivity contribution in [2.75, 3.05) is 12.0 Å². The van der Waals surface area contributed by atoms with Gasteiger partial charge in [0.1, 0.15) is 16.1 Å². The Morgan fingerprint density at radius 3 is 2.54 bits per heavy atom. The molecule has 37 heavy (non-hydrogen) atoms. The highest BCUT2D eigenvalue weighted by Gasteiger charge is 2.33. The Balaban J connectivity index is 1.48. The van der Waals surface area contributed by atoms with Crippen molar-refractivity contribution in [1.29, 1.82) is 0 Å². The van der Waals surface area contributed by atoms with E-state index in [-0.39, 0.29) is 17.9 Å². The van der Waals surface area contributed by atoms with E-state index in [1.165, 1.54) is 18.4 Å². The Labute approximate surface area is 220 Å². The molecule has 0 aromatic carbocycles. The van der Waals surface area contributed by atoms with Crippen molar-refractivity contribution >= 4 is 40.0 Å². The van der Waals surface area contributed by atoms with Crippen molar-refractivity contribution in [3.63, 3.8) is 0 Å². The third-order valence-corrected chi connectivity index (χ3v) is 8.20. The number of carbonyl (C=O) groups excluding carboxylic acids is 2. The maximum absolute atomic E-state index is 13.7. The van der Waals surface area contributed by atoms with Crippen LogP contribution in [-0.2, 0) is 9.53 Å². The number of hydrogen-bond donors (Lipinski definition) is 0. The molecule has 5 rings (SSSR count). The van der Waals surface area contributed by atoms with Crippen LogP contribution in [0.4, 0.5) is 5.69 Å². The number of amides is 1. The topological polar surface area (TPSA) is 85.5 Å². The van der Waals surface area contributed by atoms with E-state index in [1.807, 2.05) is 50.2 Å². The number of nitrogens with zero attached hydrogens (tertiary/aromatic N) is 3. The summed E-state index contributed by atoms with van der Waals surface area (Å²) in [6.07, 6.45) is 7.37. The van der Waals surface area contributed by atoms with Crippen LogP contribution in [-0.4, -0.2) is 35.0 Å². The van der Waals surface area contributed by atoms with Crippen LogP contribution in [0.25, 0.3) is 33.0 Å². The standard InChI is InChI=1S/C29H31N3O4S/c1-17(2)32(28(33)19-9-7-18(3)8-10-19)23-15-26(37-27(23)29(34)35-4)20-11-12-21(31-16-20)25-14-22-24(36-25)6-5-13-30-22/h5-6,11-19H,7-10H2,1-4H3. The average molecular weight is 518 g/mol. The molecular formula is C29H31N3O4S. The normalized spacial score (nSPS) is 17.8. The van der Waals surface area contributed by atoms with E-state index in [1.54, 1.807) is 17.3 Å². The molecule has 0 N–H and O–H groups in total. The van der Waals surface area contributed by atoms with E-state index >= 15 is 0 Å². The number of rotatable bonds is 6. The summed E-state index contributed by atoms with van der Waals surface area (Å²) in [5, 5.41) is 0. The SMILES string of the molecule is COC(=O)c1sc(-c2ccc(-c3cc4ncccc4o3)nc2)cc1N(C(=O)C1CCC(C)CC1)C(C)C. The minimum atomic E-state index is -0.443. The molecule has 0 spiro atoms. The number of ether oxygens (including phenoxy) is 1. The molecule has 4 aromatic rings.